The third-order valence-corrected chi connectivity index (χ3v) is 5.63. The molecule has 4 aromatic rings. The molecule has 1 heterocycles. The van der Waals surface area contributed by atoms with E-state index in [0.29, 0.717) is 12.4 Å². The monoisotopic (exact) mass is 526 g/mol. The lowest BCUT2D eigenvalue weighted by atomic mass is 9.87. The number of esters is 1. The standard InChI is InChI=1S/C29H25F3O6/c1-5-35-19-10-6-17(7-11-19)27(34)37-21-14-15-22-23(16-21)38-26(29(30,31)32)25(24(22)33)36-20-12-8-18(9-13-20)28(2,3)4/h6-16H,5H2,1-4H3. The van der Waals surface area contributed by atoms with Gasteiger partial charge >= 0.3 is 12.1 Å². The van der Waals surface area contributed by atoms with Gasteiger partial charge in [-0.05, 0) is 66.4 Å². The van der Waals surface area contributed by atoms with Crippen LogP contribution in [0.4, 0.5) is 13.2 Å². The summed E-state index contributed by atoms with van der Waals surface area (Å²) in [6.07, 6.45) is -5.02. The molecule has 0 saturated carbocycles. The molecule has 0 N–H and O–H groups in total. The molecule has 198 valence electrons. The first-order chi connectivity index (χ1) is 17.9. The zero-order valence-corrected chi connectivity index (χ0v) is 21.1. The molecule has 0 unspecified atom stereocenters. The van der Waals surface area contributed by atoms with E-state index in [-0.39, 0.29) is 27.9 Å². The van der Waals surface area contributed by atoms with Gasteiger partial charge in [-0.2, -0.15) is 13.2 Å². The first-order valence-electron chi connectivity index (χ1n) is 11.8. The first-order valence-corrected chi connectivity index (χ1v) is 11.8. The number of halogens is 3. The third-order valence-electron chi connectivity index (χ3n) is 5.63. The number of hydrogen-bond donors (Lipinski definition) is 0. The summed E-state index contributed by atoms with van der Waals surface area (Å²) in [5.74, 6) is -2.79. The summed E-state index contributed by atoms with van der Waals surface area (Å²) in [6, 6.07) is 16.2. The van der Waals surface area contributed by atoms with E-state index >= 15 is 0 Å². The molecule has 0 atom stereocenters. The van der Waals surface area contributed by atoms with E-state index in [9.17, 15) is 22.8 Å². The van der Waals surface area contributed by atoms with Gasteiger partial charge in [0.2, 0.25) is 11.2 Å². The highest BCUT2D eigenvalue weighted by atomic mass is 19.4. The largest absolute Gasteiger partial charge is 0.494 e. The molecule has 0 aliphatic carbocycles. The molecule has 0 amide bonds. The maximum atomic E-state index is 13.9. The molecule has 38 heavy (non-hydrogen) atoms. The van der Waals surface area contributed by atoms with Gasteiger partial charge in [0.05, 0.1) is 17.6 Å². The summed E-state index contributed by atoms with van der Waals surface area (Å²) in [5.41, 5.74) is -0.449. The second-order valence-electron chi connectivity index (χ2n) is 9.47. The number of rotatable bonds is 6. The van der Waals surface area contributed by atoms with E-state index in [4.69, 9.17) is 18.6 Å². The highest BCUT2D eigenvalue weighted by Crippen LogP contribution is 2.39. The Morgan fingerprint density at radius 3 is 2.05 bits per heavy atom. The highest BCUT2D eigenvalue weighted by molar-refractivity contribution is 5.91. The van der Waals surface area contributed by atoms with Crippen LogP contribution in [0.5, 0.6) is 23.0 Å². The summed E-state index contributed by atoms with van der Waals surface area (Å²) < 4.78 is 62.8. The van der Waals surface area contributed by atoms with Crippen molar-refractivity contribution in [1.29, 1.82) is 0 Å². The molecule has 9 heteroatoms. The average Bonchev–Trinajstić information content (AvgIpc) is 2.85. The Labute approximate surface area is 216 Å². The fraction of sp³-hybridized carbons (Fsp3) is 0.241. The van der Waals surface area contributed by atoms with E-state index in [0.717, 1.165) is 11.6 Å². The van der Waals surface area contributed by atoms with Crippen molar-refractivity contribution in [3.05, 3.63) is 93.8 Å². The lowest BCUT2D eigenvalue weighted by molar-refractivity contribution is -0.154. The van der Waals surface area contributed by atoms with E-state index in [2.05, 4.69) is 0 Å². The van der Waals surface area contributed by atoms with Crippen LogP contribution in [0.25, 0.3) is 11.0 Å². The number of carbonyl (C=O) groups excluding carboxylic acids is 1. The lowest BCUT2D eigenvalue weighted by Crippen LogP contribution is -2.16. The Kier molecular flexibility index (Phi) is 7.22. The molecule has 3 aromatic carbocycles. The molecule has 0 aliphatic rings. The lowest BCUT2D eigenvalue weighted by Gasteiger charge is -2.19. The molecule has 0 saturated heterocycles. The van der Waals surface area contributed by atoms with Crippen molar-refractivity contribution >= 4 is 16.9 Å². The van der Waals surface area contributed by atoms with Gasteiger partial charge in [0.1, 0.15) is 22.8 Å². The van der Waals surface area contributed by atoms with Gasteiger partial charge in [-0.1, -0.05) is 32.9 Å². The van der Waals surface area contributed by atoms with Crippen molar-refractivity contribution in [3.8, 4) is 23.0 Å². The van der Waals surface area contributed by atoms with Crippen LogP contribution in [0, 0.1) is 0 Å². The van der Waals surface area contributed by atoms with Crippen LogP contribution >= 0.6 is 0 Å². The Bertz CT molecular complexity index is 1510. The third kappa shape index (κ3) is 5.82. The first kappa shape index (κ1) is 26.8. The van der Waals surface area contributed by atoms with Crippen molar-refractivity contribution in [3.63, 3.8) is 0 Å². The number of benzene rings is 3. The van der Waals surface area contributed by atoms with Crippen molar-refractivity contribution in [2.75, 3.05) is 6.61 Å². The number of fused-ring (bicyclic) bond motifs is 1. The molecule has 0 fully saturated rings. The van der Waals surface area contributed by atoms with E-state index in [1.54, 1.807) is 24.3 Å². The van der Waals surface area contributed by atoms with Crippen LogP contribution in [0.15, 0.2) is 75.9 Å². The maximum Gasteiger partial charge on any atom is 0.453 e. The number of alkyl halides is 3. The Morgan fingerprint density at radius 2 is 1.47 bits per heavy atom. The zero-order valence-electron chi connectivity index (χ0n) is 21.1. The summed E-state index contributed by atoms with van der Waals surface area (Å²) in [7, 11) is 0. The molecule has 6 nitrogen and oxygen atoms in total. The van der Waals surface area contributed by atoms with E-state index in [1.165, 1.54) is 36.4 Å². The topological polar surface area (TPSA) is 75.0 Å². The maximum absolute atomic E-state index is 13.9. The van der Waals surface area contributed by atoms with Gasteiger partial charge < -0.3 is 18.6 Å². The van der Waals surface area contributed by atoms with Gasteiger partial charge in [0.15, 0.2) is 0 Å². The summed E-state index contributed by atoms with van der Waals surface area (Å²) in [6.45, 7) is 8.26. The van der Waals surface area contributed by atoms with Crippen LogP contribution in [0.2, 0.25) is 0 Å². The minimum absolute atomic E-state index is 0.0519. The minimum atomic E-state index is -5.02. The van der Waals surface area contributed by atoms with Crippen LogP contribution < -0.4 is 19.6 Å². The minimum Gasteiger partial charge on any atom is -0.494 e. The molecule has 0 spiro atoms. The predicted molar refractivity (Wildman–Crippen MR) is 135 cm³/mol. The summed E-state index contributed by atoms with van der Waals surface area (Å²) in [5, 5.41) is -0.167. The Hall–Kier alpha value is -4.27. The van der Waals surface area contributed by atoms with Crippen LogP contribution in [-0.2, 0) is 11.6 Å². The van der Waals surface area contributed by atoms with Crippen molar-refractivity contribution < 1.29 is 36.6 Å². The fourth-order valence-electron chi connectivity index (χ4n) is 3.66. The molecule has 0 radical (unpaired) electrons. The normalized spacial score (nSPS) is 11.9. The molecule has 4 rings (SSSR count). The van der Waals surface area contributed by atoms with Crippen molar-refractivity contribution in [1.82, 2.24) is 0 Å². The summed E-state index contributed by atoms with van der Waals surface area (Å²) in [4.78, 5) is 25.6. The van der Waals surface area contributed by atoms with Crippen LogP contribution in [0.3, 0.4) is 0 Å². The smallest absolute Gasteiger partial charge is 0.453 e. The second kappa shape index (κ2) is 10.2. The second-order valence-corrected chi connectivity index (χ2v) is 9.47. The van der Waals surface area contributed by atoms with Gasteiger partial charge in [0.25, 0.3) is 5.76 Å². The Morgan fingerprint density at radius 1 is 0.868 bits per heavy atom. The predicted octanol–water partition coefficient (Wildman–Crippen LogP) is 7.52. The fourth-order valence-corrected chi connectivity index (χ4v) is 3.66. The van der Waals surface area contributed by atoms with Crippen LogP contribution in [0.1, 0.15) is 49.4 Å². The molecule has 1 aromatic heterocycles. The van der Waals surface area contributed by atoms with E-state index in [1.807, 2.05) is 27.7 Å². The Balaban J connectivity index is 1.67. The average molecular weight is 527 g/mol. The molecule has 0 bridgehead atoms. The summed E-state index contributed by atoms with van der Waals surface area (Å²) >= 11 is 0. The van der Waals surface area contributed by atoms with Gasteiger partial charge in [-0.15, -0.1) is 0 Å². The molecule has 0 aliphatic heterocycles. The molecular formula is C29H25F3O6. The number of carbonyl (C=O) groups is 1. The van der Waals surface area contributed by atoms with Gasteiger partial charge in [0, 0.05) is 6.07 Å². The highest BCUT2D eigenvalue weighted by Gasteiger charge is 2.40. The molecular weight excluding hydrogens is 501 g/mol. The van der Waals surface area contributed by atoms with E-state index < -0.39 is 34.7 Å². The van der Waals surface area contributed by atoms with Crippen LogP contribution in [-0.4, -0.2) is 12.6 Å². The van der Waals surface area contributed by atoms with Crippen molar-refractivity contribution in [2.45, 2.75) is 39.3 Å². The zero-order chi connectivity index (χ0) is 27.7. The number of ether oxygens (including phenoxy) is 3. The number of hydrogen-bond acceptors (Lipinski definition) is 6. The quantitative estimate of drug-likeness (QED) is 0.191. The van der Waals surface area contributed by atoms with Crippen molar-refractivity contribution in [2.24, 2.45) is 0 Å². The van der Waals surface area contributed by atoms with Gasteiger partial charge in [-0.25, -0.2) is 4.79 Å². The van der Waals surface area contributed by atoms with Gasteiger partial charge in [-0.3, -0.25) is 4.79 Å². The SMILES string of the molecule is CCOc1ccc(C(=O)Oc2ccc3c(=O)c(Oc4ccc(C(C)(C)C)cc4)c(C(F)(F)F)oc3c2)cc1.